The van der Waals surface area contributed by atoms with Gasteiger partial charge in [-0.25, -0.2) is 0 Å². The first-order valence-electron chi connectivity index (χ1n) is 8.04. The molecule has 0 saturated heterocycles. The third-order valence-corrected chi connectivity index (χ3v) is 4.32. The zero-order chi connectivity index (χ0) is 17.1. The molecule has 0 aliphatic heterocycles. The van der Waals surface area contributed by atoms with Gasteiger partial charge in [0.15, 0.2) is 0 Å². The van der Waals surface area contributed by atoms with Crippen LogP contribution in [0, 0.1) is 6.92 Å². The van der Waals surface area contributed by atoms with Gasteiger partial charge in [0.2, 0.25) is 5.91 Å². The van der Waals surface area contributed by atoms with Gasteiger partial charge in [-0.05, 0) is 43.5 Å². The van der Waals surface area contributed by atoms with Crippen LogP contribution in [0.5, 0.6) is 0 Å². The standard InChI is InChI=1S/C18H20ClN3O2/c1-3-18(23)20-10-15-7-13-8-16(19)12(9-17(13)21-15)4-5-14-6-11(2)24-22-14/h6-9,21H,3-5,10H2,1-2H3,(H,20,23). The molecule has 3 aromatic rings. The third-order valence-electron chi connectivity index (χ3n) is 3.97. The molecule has 0 unspecified atom stereocenters. The van der Waals surface area contributed by atoms with Gasteiger partial charge >= 0.3 is 0 Å². The molecule has 24 heavy (non-hydrogen) atoms. The first kappa shape index (κ1) is 16.6. The van der Waals surface area contributed by atoms with Crippen LogP contribution in [-0.4, -0.2) is 16.0 Å². The number of carbonyl (C=O) groups excluding carboxylic acids is 1. The predicted octanol–water partition coefficient (Wildman–Crippen LogP) is 3.93. The monoisotopic (exact) mass is 345 g/mol. The van der Waals surface area contributed by atoms with Crippen LogP contribution in [0.4, 0.5) is 0 Å². The van der Waals surface area contributed by atoms with Gasteiger partial charge in [0, 0.05) is 34.1 Å². The maximum Gasteiger partial charge on any atom is 0.220 e. The highest BCUT2D eigenvalue weighted by Crippen LogP contribution is 2.26. The fourth-order valence-electron chi connectivity index (χ4n) is 2.66. The number of carbonyl (C=O) groups is 1. The van der Waals surface area contributed by atoms with Crippen molar-refractivity contribution < 1.29 is 9.32 Å². The summed E-state index contributed by atoms with van der Waals surface area (Å²) in [4.78, 5) is 14.7. The topological polar surface area (TPSA) is 70.9 Å². The van der Waals surface area contributed by atoms with E-state index in [2.05, 4.69) is 21.5 Å². The van der Waals surface area contributed by atoms with Crippen molar-refractivity contribution in [2.45, 2.75) is 39.7 Å². The number of rotatable bonds is 6. The molecule has 0 bridgehead atoms. The highest BCUT2D eigenvalue weighted by atomic mass is 35.5. The van der Waals surface area contributed by atoms with Gasteiger partial charge in [-0.15, -0.1) is 0 Å². The summed E-state index contributed by atoms with van der Waals surface area (Å²) < 4.78 is 5.09. The molecule has 0 aliphatic carbocycles. The van der Waals surface area contributed by atoms with E-state index in [-0.39, 0.29) is 5.91 Å². The Kier molecular flexibility index (Phi) is 4.90. The number of halogens is 1. The van der Waals surface area contributed by atoms with Crippen molar-refractivity contribution in [3.05, 3.63) is 52.0 Å². The predicted molar refractivity (Wildman–Crippen MR) is 94.1 cm³/mol. The highest BCUT2D eigenvalue weighted by Gasteiger charge is 2.09. The molecule has 0 radical (unpaired) electrons. The Hall–Kier alpha value is -2.27. The van der Waals surface area contributed by atoms with Gasteiger partial charge < -0.3 is 14.8 Å². The van der Waals surface area contributed by atoms with E-state index in [1.165, 1.54) is 0 Å². The summed E-state index contributed by atoms with van der Waals surface area (Å²) in [5.74, 6) is 0.852. The third kappa shape index (κ3) is 3.79. The van der Waals surface area contributed by atoms with Crippen LogP contribution in [0.3, 0.4) is 0 Å². The Bertz CT molecular complexity index is 866. The van der Waals surface area contributed by atoms with Crippen molar-refractivity contribution >= 4 is 28.4 Å². The van der Waals surface area contributed by atoms with E-state index in [4.69, 9.17) is 16.1 Å². The lowest BCUT2D eigenvalue weighted by Crippen LogP contribution is -2.21. The van der Waals surface area contributed by atoms with Gasteiger partial charge in [-0.3, -0.25) is 4.79 Å². The molecule has 0 saturated carbocycles. The Labute approximate surface area is 145 Å². The lowest BCUT2D eigenvalue weighted by molar-refractivity contribution is -0.120. The lowest BCUT2D eigenvalue weighted by atomic mass is 10.1. The van der Waals surface area contributed by atoms with Crippen molar-refractivity contribution in [3.63, 3.8) is 0 Å². The van der Waals surface area contributed by atoms with Crippen molar-refractivity contribution in [1.82, 2.24) is 15.5 Å². The Morgan fingerprint density at radius 3 is 2.83 bits per heavy atom. The number of aromatic amines is 1. The van der Waals surface area contributed by atoms with Gasteiger partial charge in [-0.2, -0.15) is 0 Å². The second-order valence-electron chi connectivity index (χ2n) is 5.88. The smallest absolute Gasteiger partial charge is 0.220 e. The summed E-state index contributed by atoms with van der Waals surface area (Å²) in [6, 6.07) is 7.98. The summed E-state index contributed by atoms with van der Waals surface area (Å²) in [5, 5.41) is 8.66. The Morgan fingerprint density at radius 2 is 2.12 bits per heavy atom. The number of fused-ring (bicyclic) bond motifs is 1. The lowest BCUT2D eigenvalue weighted by Gasteiger charge is -2.03. The number of hydrogen-bond donors (Lipinski definition) is 2. The summed E-state index contributed by atoms with van der Waals surface area (Å²) >= 11 is 6.41. The normalized spacial score (nSPS) is 11.1. The molecule has 0 fully saturated rings. The van der Waals surface area contributed by atoms with Crippen molar-refractivity contribution in [3.8, 4) is 0 Å². The zero-order valence-corrected chi connectivity index (χ0v) is 14.5. The number of aryl methyl sites for hydroxylation is 3. The molecular weight excluding hydrogens is 326 g/mol. The summed E-state index contributed by atoms with van der Waals surface area (Å²) in [6.07, 6.45) is 2.06. The highest BCUT2D eigenvalue weighted by molar-refractivity contribution is 6.32. The summed E-state index contributed by atoms with van der Waals surface area (Å²) in [6.45, 7) is 4.21. The molecule has 5 nitrogen and oxygen atoms in total. The first-order chi connectivity index (χ1) is 11.5. The quantitative estimate of drug-likeness (QED) is 0.711. The molecule has 2 aromatic heterocycles. The maximum atomic E-state index is 11.4. The number of aromatic nitrogens is 2. The van der Waals surface area contributed by atoms with E-state index >= 15 is 0 Å². The largest absolute Gasteiger partial charge is 0.361 e. The van der Waals surface area contributed by atoms with Crippen LogP contribution in [-0.2, 0) is 24.2 Å². The SMILES string of the molecule is CCC(=O)NCc1cc2cc(Cl)c(CCc3cc(C)on3)cc2[nH]1. The Morgan fingerprint density at radius 1 is 1.29 bits per heavy atom. The number of hydrogen-bond acceptors (Lipinski definition) is 3. The number of benzene rings is 1. The van der Waals surface area contributed by atoms with E-state index in [0.717, 1.165) is 51.5 Å². The van der Waals surface area contributed by atoms with Gasteiger partial charge in [0.1, 0.15) is 5.76 Å². The summed E-state index contributed by atoms with van der Waals surface area (Å²) in [5.41, 5.74) is 3.98. The second kappa shape index (κ2) is 7.09. The van der Waals surface area contributed by atoms with Crippen molar-refractivity contribution in [2.24, 2.45) is 0 Å². The van der Waals surface area contributed by atoms with Crippen LogP contribution in [0.25, 0.3) is 10.9 Å². The summed E-state index contributed by atoms with van der Waals surface area (Å²) in [7, 11) is 0. The molecule has 126 valence electrons. The van der Waals surface area contributed by atoms with Crippen LogP contribution in [0.1, 0.15) is 36.1 Å². The first-order valence-corrected chi connectivity index (χ1v) is 8.42. The number of nitrogens with zero attached hydrogens (tertiary/aromatic N) is 1. The average Bonchev–Trinajstić information content (AvgIpc) is 3.15. The van der Waals surface area contributed by atoms with E-state index < -0.39 is 0 Å². The van der Waals surface area contributed by atoms with Crippen LogP contribution in [0.2, 0.25) is 5.02 Å². The molecule has 3 rings (SSSR count). The Balaban J connectivity index is 1.74. The zero-order valence-electron chi connectivity index (χ0n) is 13.8. The van der Waals surface area contributed by atoms with E-state index in [1.54, 1.807) is 0 Å². The van der Waals surface area contributed by atoms with Crippen molar-refractivity contribution in [1.29, 1.82) is 0 Å². The number of amides is 1. The van der Waals surface area contributed by atoms with E-state index in [1.807, 2.05) is 32.0 Å². The molecule has 2 heterocycles. The molecule has 1 aromatic carbocycles. The van der Waals surface area contributed by atoms with Gasteiger partial charge in [0.25, 0.3) is 0 Å². The minimum Gasteiger partial charge on any atom is -0.361 e. The van der Waals surface area contributed by atoms with E-state index in [0.29, 0.717) is 13.0 Å². The fraction of sp³-hybridized carbons (Fsp3) is 0.333. The number of nitrogens with one attached hydrogen (secondary N) is 2. The van der Waals surface area contributed by atoms with Gasteiger partial charge in [0.05, 0.1) is 12.2 Å². The molecule has 0 spiro atoms. The van der Waals surface area contributed by atoms with Gasteiger partial charge in [-0.1, -0.05) is 23.7 Å². The van der Waals surface area contributed by atoms with Crippen LogP contribution >= 0.6 is 11.6 Å². The molecule has 1 amide bonds. The average molecular weight is 346 g/mol. The maximum absolute atomic E-state index is 11.4. The van der Waals surface area contributed by atoms with E-state index in [9.17, 15) is 4.79 Å². The van der Waals surface area contributed by atoms with Crippen molar-refractivity contribution in [2.75, 3.05) is 0 Å². The van der Waals surface area contributed by atoms with Crippen LogP contribution in [0.15, 0.2) is 28.8 Å². The second-order valence-corrected chi connectivity index (χ2v) is 6.29. The minimum absolute atomic E-state index is 0.0373. The fourth-order valence-corrected chi connectivity index (χ4v) is 2.93. The molecule has 0 atom stereocenters. The molecule has 0 aliphatic rings. The molecule has 6 heteroatoms. The van der Waals surface area contributed by atoms with Crippen LogP contribution < -0.4 is 5.32 Å². The number of H-pyrrole nitrogens is 1. The molecule has 2 N–H and O–H groups in total. The molecular formula is C18H20ClN3O2. The minimum atomic E-state index is 0.0373.